The minimum Gasteiger partial charge on any atom is -0.479 e. The van der Waals surface area contributed by atoms with Gasteiger partial charge in [-0.1, -0.05) is 24.3 Å². The maximum atomic E-state index is 12.5. The van der Waals surface area contributed by atoms with Crippen LogP contribution in [0.2, 0.25) is 0 Å². The van der Waals surface area contributed by atoms with Gasteiger partial charge in [-0.25, -0.2) is 14.6 Å². The average molecular weight is 438 g/mol. The summed E-state index contributed by atoms with van der Waals surface area (Å²) in [4.78, 5) is 36.8. The molecule has 1 aromatic carbocycles. The third-order valence-electron chi connectivity index (χ3n) is 4.94. The molecule has 1 atom stereocenters. The largest absolute Gasteiger partial charge is 0.479 e. The maximum Gasteiger partial charge on any atom is 0.333 e. The molecule has 1 unspecified atom stereocenters. The molecule has 9 heteroatoms. The third kappa shape index (κ3) is 6.14. The smallest absolute Gasteiger partial charge is 0.333 e. The molecule has 0 fully saturated rings. The lowest BCUT2D eigenvalue weighted by Gasteiger charge is -2.18. The summed E-state index contributed by atoms with van der Waals surface area (Å²) in [5.74, 6) is -0.158. The molecular formula is C23H27N5O4. The number of hydrogen-bond acceptors (Lipinski definition) is 5. The van der Waals surface area contributed by atoms with Gasteiger partial charge in [-0.2, -0.15) is 0 Å². The second-order valence-electron chi connectivity index (χ2n) is 7.16. The van der Waals surface area contributed by atoms with Crippen LogP contribution in [0.4, 0.5) is 10.5 Å². The van der Waals surface area contributed by atoms with E-state index in [0.717, 1.165) is 17.0 Å². The van der Waals surface area contributed by atoms with Crippen molar-refractivity contribution in [3.8, 4) is 11.3 Å². The second kappa shape index (κ2) is 11.1. The summed E-state index contributed by atoms with van der Waals surface area (Å²) in [6.45, 7) is 2.58. The number of ether oxygens (including phenoxy) is 1. The molecular weight excluding hydrogens is 410 g/mol. The number of carboxylic acid groups (broad SMARTS) is 1. The van der Waals surface area contributed by atoms with Crippen LogP contribution >= 0.6 is 0 Å². The topological polar surface area (TPSA) is 120 Å². The highest BCUT2D eigenvalue weighted by atomic mass is 16.5. The Hall–Kier alpha value is -3.72. The Morgan fingerprint density at radius 2 is 1.97 bits per heavy atom. The number of carbonyl (C=O) groups is 2. The zero-order chi connectivity index (χ0) is 22.9. The number of pyridine rings is 1. The lowest BCUT2D eigenvalue weighted by atomic mass is 10.0. The van der Waals surface area contributed by atoms with Gasteiger partial charge in [0, 0.05) is 62.9 Å². The van der Waals surface area contributed by atoms with Crippen molar-refractivity contribution in [2.75, 3.05) is 25.1 Å². The number of aromatic nitrogens is 3. The highest BCUT2D eigenvalue weighted by Crippen LogP contribution is 2.23. The van der Waals surface area contributed by atoms with Crippen molar-refractivity contribution in [2.45, 2.75) is 25.9 Å². The molecule has 0 aliphatic carbocycles. The summed E-state index contributed by atoms with van der Waals surface area (Å²) in [6, 6.07) is 10.9. The van der Waals surface area contributed by atoms with Gasteiger partial charge in [0.05, 0.1) is 5.69 Å². The standard InChI is InChI=1S/C23H27N5O4/c1-3-32-20(22(29)30)14-16-4-6-17(7-5-16)19-15-18(8-10-24-19)28(2)23(31)27-11-9-21-25-12-13-26-21/h4-8,10,12-13,15,20H,3,9,11,14H2,1-2H3,(H,25,26)(H,27,31)(H,29,30). The van der Waals surface area contributed by atoms with Crippen molar-refractivity contribution in [3.05, 3.63) is 66.4 Å². The van der Waals surface area contributed by atoms with Gasteiger partial charge in [-0.05, 0) is 24.6 Å². The first-order valence-corrected chi connectivity index (χ1v) is 10.4. The number of aliphatic carboxylic acids is 1. The van der Waals surface area contributed by atoms with Gasteiger partial charge >= 0.3 is 12.0 Å². The molecule has 168 valence electrons. The first-order valence-electron chi connectivity index (χ1n) is 10.4. The number of benzene rings is 1. The zero-order valence-corrected chi connectivity index (χ0v) is 18.1. The first kappa shape index (κ1) is 23.0. The Morgan fingerprint density at radius 3 is 2.62 bits per heavy atom. The van der Waals surface area contributed by atoms with Crippen LogP contribution in [-0.2, 0) is 22.4 Å². The summed E-state index contributed by atoms with van der Waals surface area (Å²) in [5.41, 5.74) is 3.14. The van der Waals surface area contributed by atoms with Gasteiger partial charge in [-0.15, -0.1) is 0 Å². The fraction of sp³-hybridized carbons (Fsp3) is 0.304. The number of H-pyrrole nitrogens is 1. The number of carbonyl (C=O) groups excluding carboxylic acids is 1. The van der Waals surface area contributed by atoms with Crippen LogP contribution in [0.25, 0.3) is 11.3 Å². The summed E-state index contributed by atoms with van der Waals surface area (Å²) in [5, 5.41) is 12.1. The van der Waals surface area contributed by atoms with Crippen molar-refractivity contribution >= 4 is 17.7 Å². The van der Waals surface area contributed by atoms with E-state index in [9.17, 15) is 14.7 Å². The molecule has 0 aliphatic rings. The van der Waals surface area contributed by atoms with E-state index in [-0.39, 0.29) is 12.5 Å². The number of amides is 2. The van der Waals surface area contributed by atoms with Crippen LogP contribution in [-0.4, -0.2) is 58.4 Å². The fourth-order valence-electron chi connectivity index (χ4n) is 3.19. The minimum absolute atomic E-state index is 0.223. The predicted molar refractivity (Wildman–Crippen MR) is 121 cm³/mol. The molecule has 32 heavy (non-hydrogen) atoms. The van der Waals surface area contributed by atoms with Crippen LogP contribution in [0, 0.1) is 0 Å². The highest BCUT2D eigenvalue weighted by Gasteiger charge is 2.18. The normalized spacial score (nSPS) is 11.7. The Bertz CT molecular complexity index is 1020. The van der Waals surface area contributed by atoms with Gasteiger partial charge in [0.25, 0.3) is 0 Å². The van der Waals surface area contributed by atoms with E-state index < -0.39 is 12.1 Å². The minimum atomic E-state index is -0.976. The second-order valence-corrected chi connectivity index (χ2v) is 7.16. The van der Waals surface area contributed by atoms with Crippen molar-refractivity contribution in [1.82, 2.24) is 20.3 Å². The number of hydrogen-bond donors (Lipinski definition) is 3. The summed E-state index contributed by atoms with van der Waals surface area (Å²) in [6.07, 6.45) is 5.12. The third-order valence-corrected chi connectivity index (χ3v) is 4.94. The average Bonchev–Trinajstić information content (AvgIpc) is 3.32. The summed E-state index contributed by atoms with van der Waals surface area (Å²) in [7, 11) is 1.70. The van der Waals surface area contributed by atoms with Crippen molar-refractivity contribution < 1.29 is 19.4 Å². The molecule has 9 nitrogen and oxygen atoms in total. The molecule has 2 heterocycles. The van der Waals surface area contributed by atoms with E-state index >= 15 is 0 Å². The van der Waals surface area contributed by atoms with E-state index in [0.29, 0.717) is 31.0 Å². The quantitative estimate of drug-likeness (QED) is 0.449. The molecule has 3 N–H and O–H groups in total. The monoisotopic (exact) mass is 437 g/mol. The number of nitrogens with zero attached hydrogens (tertiary/aromatic N) is 3. The number of imidazole rings is 1. The molecule has 0 bridgehead atoms. The molecule has 0 radical (unpaired) electrons. The van der Waals surface area contributed by atoms with E-state index in [2.05, 4.69) is 20.3 Å². The van der Waals surface area contributed by atoms with Gasteiger partial charge < -0.3 is 20.1 Å². The van der Waals surface area contributed by atoms with E-state index in [4.69, 9.17) is 4.74 Å². The Kier molecular flexibility index (Phi) is 7.93. The van der Waals surface area contributed by atoms with Crippen LogP contribution in [0.1, 0.15) is 18.3 Å². The van der Waals surface area contributed by atoms with Crippen molar-refractivity contribution in [3.63, 3.8) is 0 Å². The molecule has 2 aromatic heterocycles. The van der Waals surface area contributed by atoms with Crippen LogP contribution in [0.3, 0.4) is 0 Å². The number of aromatic amines is 1. The van der Waals surface area contributed by atoms with Crippen LogP contribution < -0.4 is 10.2 Å². The predicted octanol–water partition coefficient (Wildman–Crippen LogP) is 2.89. The Labute approximate surface area is 186 Å². The summed E-state index contributed by atoms with van der Waals surface area (Å²) >= 11 is 0. The molecule has 2 amide bonds. The lowest BCUT2D eigenvalue weighted by molar-refractivity contribution is -0.149. The van der Waals surface area contributed by atoms with Crippen LogP contribution in [0.5, 0.6) is 0 Å². The van der Waals surface area contributed by atoms with Crippen molar-refractivity contribution in [1.29, 1.82) is 0 Å². The van der Waals surface area contributed by atoms with Crippen molar-refractivity contribution in [2.24, 2.45) is 0 Å². The number of carboxylic acids is 1. The van der Waals surface area contributed by atoms with E-state index in [1.807, 2.05) is 30.3 Å². The number of rotatable bonds is 10. The Morgan fingerprint density at radius 1 is 1.19 bits per heavy atom. The van der Waals surface area contributed by atoms with Gasteiger partial charge in [0.2, 0.25) is 0 Å². The Balaban J connectivity index is 1.63. The molecule has 0 spiro atoms. The molecule has 0 saturated carbocycles. The van der Waals surface area contributed by atoms with Gasteiger partial charge in [0.1, 0.15) is 5.82 Å². The fourth-order valence-corrected chi connectivity index (χ4v) is 3.19. The van der Waals surface area contributed by atoms with Crippen LogP contribution in [0.15, 0.2) is 55.0 Å². The highest BCUT2D eigenvalue weighted by molar-refractivity contribution is 5.91. The number of nitrogens with one attached hydrogen (secondary N) is 2. The number of urea groups is 1. The summed E-state index contributed by atoms with van der Waals surface area (Å²) < 4.78 is 5.28. The lowest BCUT2D eigenvalue weighted by Crippen LogP contribution is -2.38. The number of anilines is 1. The molecule has 0 saturated heterocycles. The van der Waals surface area contributed by atoms with Gasteiger partial charge in [-0.3, -0.25) is 9.88 Å². The van der Waals surface area contributed by atoms with Gasteiger partial charge in [0.15, 0.2) is 6.10 Å². The molecule has 0 aliphatic heterocycles. The SMILES string of the molecule is CCOC(Cc1ccc(-c2cc(N(C)C(=O)NCCc3ncc[nH]3)ccn2)cc1)C(=O)O. The van der Waals surface area contributed by atoms with E-state index in [1.54, 1.807) is 38.6 Å². The maximum absolute atomic E-state index is 12.5. The first-order chi connectivity index (χ1) is 15.5. The molecule has 3 aromatic rings. The van der Waals surface area contributed by atoms with E-state index in [1.165, 1.54) is 4.90 Å². The molecule has 3 rings (SSSR count). The zero-order valence-electron chi connectivity index (χ0n) is 18.1.